The molecule has 5 aliphatic carbocycles. The van der Waals surface area contributed by atoms with Crippen LogP contribution in [0.25, 0.3) is 0 Å². The summed E-state index contributed by atoms with van der Waals surface area (Å²) >= 11 is 0. The molecule has 10 rings (SSSR count). The third kappa shape index (κ3) is 6.15. The van der Waals surface area contributed by atoms with Crippen molar-refractivity contribution in [1.82, 2.24) is 10.6 Å². The number of aliphatic hydroxyl groups excluding tert-OH is 3. The van der Waals surface area contributed by atoms with E-state index in [1.165, 1.54) is 27.7 Å². The van der Waals surface area contributed by atoms with Crippen LogP contribution in [0.4, 0.5) is 0 Å². The molecule has 18 nitrogen and oxygen atoms in total. The van der Waals surface area contributed by atoms with Gasteiger partial charge >= 0.3 is 23.9 Å². The van der Waals surface area contributed by atoms with Crippen molar-refractivity contribution in [2.75, 3.05) is 0 Å². The van der Waals surface area contributed by atoms with Gasteiger partial charge in [0.2, 0.25) is 5.79 Å². The predicted octanol–water partition coefficient (Wildman–Crippen LogP) is 1.50. The Bertz CT molecular complexity index is 2440. The summed E-state index contributed by atoms with van der Waals surface area (Å²) in [6, 6.07) is 14.1. The Balaban J connectivity index is 1.13. The number of rotatable bonds is 9. The molecule has 2 aromatic rings. The van der Waals surface area contributed by atoms with Crippen molar-refractivity contribution in [3.8, 4) is 0 Å². The number of nitrogens with one attached hydrogen (secondary N) is 2. The van der Waals surface area contributed by atoms with Crippen LogP contribution in [0.15, 0.2) is 60.7 Å². The summed E-state index contributed by atoms with van der Waals surface area (Å²) < 4.78 is 37.3. The first-order valence-corrected chi connectivity index (χ1v) is 23.5. The zero-order valence-corrected chi connectivity index (χ0v) is 39.1. The molecule has 0 unspecified atom stereocenters. The van der Waals surface area contributed by atoms with E-state index in [4.69, 9.17) is 28.4 Å². The van der Waals surface area contributed by atoms with Crippen LogP contribution in [0.3, 0.4) is 0 Å². The van der Waals surface area contributed by atoms with E-state index in [0.29, 0.717) is 5.56 Å². The Kier molecular flexibility index (Phi) is 10.7. The zero-order chi connectivity index (χ0) is 48.9. The number of ether oxygens (including phenoxy) is 6. The minimum absolute atomic E-state index is 0.187. The number of hydrogen-bond donors (Lipinski definition) is 6. The number of benzene rings is 2. The van der Waals surface area contributed by atoms with E-state index in [0.717, 1.165) is 0 Å². The number of carbonyl (C=O) groups is 6. The maximum absolute atomic E-state index is 14.9. The average molecular weight is 945 g/mol. The summed E-state index contributed by atoms with van der Waals surface area (Å²) in [5, 5.41) is 56.9. The molecule has 0 aromatic heterocycles. The van der Waals surface area contributed by atoms with Crippen molar-refractivity contribution in [3.05, 3.63) is 71.8 Å². The average Bonchev–Trinajstić information content (AvgIpc) is 4.20. The van der Waals surface area contributed by atoms with E-state index in [1.54, 1.807) is 81.4 Å². The highest BCUT2D eigenvalue weighted by Gasteiger charge is 2.93. The van der Waals surface area contributed by atoms with Gasteiger partial charge in [0, 0.05) is 54.9 Å². The molecule has 8 aliphatic rings. The van der Waals surface area contributed by atoms with Crippen molar-refractivity contribution in [3.63, 3.8) is 0 Å². The number of epoxide rings is 2. The first-order valence-electron chi connectivity index (χ1n) is 23.5. The summed E-state index contributed by atoms with van der Waals surface area (Å²) in [5.41, 5.74) is -5.99. The van der Waals surface area contributed by atoms with Crippen LogP contribution < -0.4 is 10.6 Å². The fraction of sp³-hybridized carbons (Fsp3) is 0.640. The number of amides is 2. The van der Waals surface area contributed by atoms with E-state index in [-0.39, 0.29) is 12.0 Å². The Hall–Kier alpha value is -4.98. The first-order chi connectivity index (χ1) is 32.0. The van der Waals surface area contributed by atoms with Crippen LogP contribution >= 0.6 is 0 Å². The fourth-order valence-corrected chi connectivity index (χ4v) is 15.6. The fourth-order valence-electron chi connectivity index (χ4n) is 15.6. The topological polar surface area (TPSA) is 269 Å². The van der Waals surface area contributed by atoms with E-state index in [2.05, 4.69) is 10.6 Å². The van der Waals surface area contributed by atoms with Gasteiger partial charge in [-0.2, -0.15) is 0 Å². The van der Waals surface area contributed by atoms with Crippen LogP contribution in [0.2, 0.25) is 0 Å². The van der Waals surface area contributed by atoms with Crippen LogP contribution in [-0.4, -0.2) is 128 Å². The summed E-state index contributed by atoms with van der Waals surface area (Å²) in [4.78, 5) is 82.3. The number of esters is 4. The largest absolute Gasteiger partial charge is 0.459 e. The van der Waals surface area contributed by atoms with E-state index in [1.807, 2.05) is 6.92 Å². The second kappa shape index (κ2) is 15.5. The number of fused-ring (bicyclic) bond motifs is 9. The molecule has 0 bridgehead atoms. The first kappa shape index (κ1) is 46.7. The molecule has 3 aliphatic heterocycles. The lowest BCUT2D eigenvalue weighted by Gasteiger charge is -2.67. The van der Waals surface area contributed by atoms with E-state index >= 15 is 0 Å². The lowest BCUT2D eigenvalue weighted by atomic mass is 9.40. The van der Waals surface area contributed by atoms with Crippen LogP contribution in [-0.2, 0) is 52.4 Å². The molecule has 6 N–H and O–H groups in total. The molecular formula is C50H60N2O16. The molecule has 5 saturated carbocycles. The quantitative estimate of drug-likeness (QED) is 0.118. The maximum atomic E-state index is 14.9. The van der Waals surface area contributed by atoms with Crippen molar-refractivity contribution in [2.45, 2.75) is 140 Å². The van der Waals surface area contributed by atoms with Gasteiger partial charge in [0.25, 0.3) is 11.8 Å². The molecule has 8 fully saturated rings. The van der Waals surface area contributed by atoms with Crippen molar-refractivity contribution < 1.29 is 77.6 Å². The number of hydrogen-bond acceptors (Lipinski definition) is 16. The zero-order valence-electron chi connectivity index (χ0n) is 39.1. The Morgan fingerprint density at radius 3 is 2.00 bits per heavy atom. The highest BCUT2D eigenvalue weighted by atomic mass is 16.8. The minimum Gasteiger partial charge on any atom is -0.459 e. The number of aliphatic hydroxyl groups is 4. The third-order valence-corrected chi connectivity index (χ3v) is 18.4. The van der Waals surface area contributed by atoms with Gasteiger partial charge in [-0.1, -0.05) is 69.3 Å². The highest BCUT2D eigenvalue weighted by Crippen LogP contribution is 2.81. The smallest absolute Gasteiger partial charge is 0.341 e. The maximum Gasteiger partial charge on any atom is 0.341 e. The summed E-state index contributed by atoms with van der Waals surface area (Å²) in [5.74, 6) is -12.9. The Morgan fingerprint density at radius 1 is 0.779 bits per heavy atom. The van der Waals surface area contributed by atoms with Crippen LogP contribution in [0, 0.1) is 57.7 Å². The Labute approximate surface area is 392 Å². The van der Waals surface area contributed by atoms with Crippen LogP contribution in [0.1, 0.15) is 83.8 Å². The van der Waals surface area contributed by atoms with Gasteiger partial charge in [-0.25, -0.2) is 4.79 Å². The van der Waals surface area contributed by atoms with Gasteiger partial charge in [-0.15, -0.1) is 0 Å². The van der Waals surface area contributed by atoms with Gasteiger partial charge in [-0.05, 0) is 61.6 Å². The SMILES string of the molecule is CC(=O)O[C@H]1[C@H]2[C@@H]([C@@H](O)[C@@H](NC(=O)[C@H](O)[C@@H](NC(=O)c3ccccc3)c3ccccc3)[C@H]3C[C@@H]4O[C@@H]4[C@H](OC(C)=O)[C@]23C)[C@@H]2[C@@H](O)[C@@H]3[C@H]([C@H](C)[C@H]4O[C@]45OC(=O)[C@@](C)(O)[C@]35C)[C@@]2(C)[C@H]1OC(C)=O. The molecule has 18 heteroatoms. The summed E-state index contributed by atoms with van der Waals surface area (Å²) in [6.07, 6.45) is -10.6. The molecular weight excluding hydrogens is 885 g/mol. The van der Waals surface area contributed by atoms with Gasteiger partial charge in [0.05, 0.1) is 35.8 Å². The molecule has 2 aromatic carbocycles. The van der Waals surface area contributed by atoms with E-state index in [9.17, 15) is 49.2 Å². The molecule has 366 valence electrons. The van der Waals surface area contributed by atoms with Crippen molar-refractivity contribution in [1.29, 1.82) is 0 Å². The summed E-state index contributed by atoms with van der Waals surface area (Å²) in [6.45, 7) is 12.0. The molecule has 2 amide bonds. The summed E-state index contributed by atoms with van der Waals surface area (Å²) in [7, 11) is 0. The van der Waals surface area contributed by atoms with Gasteiger partial charge in [-0.3, -0.25) is 24.0 Å². The second-order valence-electron chi connectivity index (χ2n) is 21.4. The van der Waals surface area contributed by atoms with Gasteiger partial charge < -0.3 is 59.5 Å². The van der Waals surface area contributed by atoms with E-state index < -0.39 is 172 Å². The minimum atomic E-state index is -2.20. The third-order valence-electron chi connectivity index (χ3n) is 18.4. The molecule has 3 saturated heterocycles. The predicted molar refractivity (Wildman–Crippen MR) is 232 cm³/mol. The monoisotopic (exact) mass is 944 g/mol. The molecule has 0 radical (unpaired) electrons. The second-order valence-corrected chi connectivity index (χ2v) is 21.4. The Morgan fingerprint density at radius 2 is 1.38 bits per heavy atom. The normalized spacial score (nSPS) is 47.3. The van der Waals surface area contributed by atoms with Crippen molar-refractivity contribution >= 4 is 35.7 Å². The molecule has 23 atom stereocenters. The highest BCUT2D eigenvalue weighted by molar-refractivity contribution is 5.95. The molecule has 3 heterocycles. The van der Waals surface area contributed by atoms with Crippen molar-refractivity contribution in [2.24, 2.45) is 57.7 Å². The van der Waals surface area contributed by atoms with Crippen LogP contribution in [0.5, 0.6) is 0 Å². The standard InChI is InChI=1S/C50H60N2O16/c1-20-29-32(48(7)49(8,62)45(61)68-50(48)40(20)67-50)36(57)30-28-31(39(63-21(2)53)42(47(29,30)6)65-23(4)55)46(5)26(19-27-38(66-27)41(46)64-22(3)54)34(35(28)56)52-44(60)37(58)33(24-15-11-9-12-16-24)51-43(59)25-17-13-10-14-18-25/h9-18,20,26-42,56-58,62H,19H2,1-8H3,(H,51,59)(H,52,60)/t20-,26+,27-,28-,29-,30+,31+,32-,33-,34-,35+,36+,37+,38-,39-,40+,41-,42-,46-,47+,48-,49+,50-/m0/s1. The van der Waals surface area contributed by atoms with Gasteiger partial charge in [0.1, 0.15) is 30.5 Å². The molecule has 68 heavy (non-hydrogen) atoms. The molecule has 1 spiro atoms. The van der Waals surface area contributed by atoms with Gasteiger partial charge in [0.15, 0.2) is 11.7 Å². The lowest BCUT2D eigenvalue weighted by Crippen LogP contribution is -2.77. The number of carbonyl (C=O) groups excluding carboxylic acids is 6. The lowest BCUT2D eigenvalue weighted by molar-refractivity contribution is -0.286.